The molecule has 4 aromatic rings. The zero-order chi connectivity index (χ0) is 22.4. The number of aromatic nitrogens is 4. The van der Waals surface area contributed by atoms with E-state index >= 15 is 0 Å². The molecule has 0 aliphatic rings. The third-order valence-electron chi connectivity index (χ3n) is 4.60. The number of nitrogens with one attached hydrogen (secondary N) is 1. The van der Waals surface area contributed by atoms with Crippen molar-refractivity contribution in [3.8, 4) is 11.3 Å². The zero-order valence-corrected chi connectivity index (χ0v) is 17.1. The van der Waals surface area contributed by atoms with Crippen LogP contribution >= 0.6 is 0 Å². The lowest BCUT2D eigenvalue weighted by molar-refractivity contribution is -0.694. The molecule has 4 rings (SSSR count). The lowest BCUT2D eigenvalue weighted by Crippen LogP contribution is -2.40. The summed E-state index contributed by atoms with van der Waals surface area (Å²) < 4.78 is 9.11. The first-order valence-electron chi connectivity index (χ1n) is 9.45. The topological polar surface area (TPSA) is 140 Å². The number of carboxylic acid groups (broad SMARTS) is 1. The van der Waals surface area contributed by atoms with Crippen LogP contribution in [0.1, 0.15) is 21.8 Å². The molecule has 0 bridgehead atoms. The van der Waals surface area contributed by atoms with Gasteiger partial charge in [-0.1, -0.05) is 5.16 Å². The molecule has 4 heterocycles. The fourth-order valence-electron chi connectivity index (χ4n) is 3.24. The van der Waals surface area contributed by atoms with Crippen LogP contribution in [0, 0.1) is 13.8 Å². The van der Waals surface area contributed by atoms with E-state index in [1.54, 1.807) is 18.3 Å². The molecule has 0 aromatic carbocycles. The largest absolute Gasteiger partial charge is 0.483 e. The molecule has 10 nitrogen and oxygen atoms in total. The Bertz CT molecular complexity index is 1190. The van der Waals surface area contributed by atoms with E-state index in [0.29, 0.717) is 30.0 Å². The number of rotatable bonds is 5. The van der Waals surface area contributed by atoms with Crippen LogP contribution in [0.4, 0.5) is 5.69 Å². The highest BCUT2D eigenvalue weighted by molar-refractivity contribution is 5.95. The van der Waals surface area contributed by atoms with Crippen LogP contribution in [0.3, 0.4) is 0 Å². The Hall–Kier alpha value is -4.21. The van der Waals surface area contributed by atoms with Crippen LogP contribution in [0.15, 0.2) is 53.6 Å². The van der Waals surface area contributed by atoms with Crippen molar-refractivity contribution in [2.75, 3.05) is 12.3 Å². The molecule has 1 amide bonds. The van der Waals surface area contributed by atoms with Gasteiger partial charge in [-0.25, -0.2) is 9.55 Å². The van der Waals surface area contributed by atoms with Crippen LogP contribution in [-0.4, -0.2) is 38.6 Å². The Morgan fingerprint density at radius 2 is 2.16 bits per heavy atom. The van der Waals surface area contributed by atoms with Gasteiger partial charge in [0, 0.05) is 17.8 Å². The predicted molar refractivity (Wildman–Crippen MR) is 112 cm³/mol. The Morgan fingerprint density at radius 3 is 2.84 bits per heavy atom. The van der Waals surface area contributed by atoms with Crippen molar-refractivity contribution in [2.24, 2.45) is 0 Å². The summed E-state index contributed by atoms with van der Waals surface area (Å²) in [6.45, 7) is 4.65. The number of carbonyl (C=O) groups is 2. The lowest BCUT2D eigenvalue weighted by atomic mass is 10.1. The van der Waals surface area contributed by atoms with Gasteiger partial charge in [0.1, 0.15) is 11.4 Å². The maximum absolute atomic E-state index is 12.5. The van der Waals surface area contributed by atoms with Gasteiger partial charge in [0.25, 0.3) is 12.4 Å². The predicted octanol–water partition coefficient (Wildman–Crippen LogP) is 1.61. The monoisotopic (exact) mass is 423 g/mol. The van der Waals surface area contributed by atoms with Gasteiger partial charge in [-0.2, -0.15) is 0 Å². The fraction of sp³-hybridized carbons (Fsp3) is 0.190. The molecule has 0 atom stereocenters. The first-order valence-corrected chi connectivity index (χ1v) is 9.45. The summed E-state index contributed by atoms with van der Waals surface area (Å²) in [4.78, 5) is 25.3. The van der Waals surface area contributed by atoms with E-state index in [-0.39, 0.29) is 12.4 Å². The molecule has 0 unspecified atom stereocenters. The average Bonchev–Trinajstić information content (AvgIpc) is 3.30. The second-order valence-corrected chi connectivity index (χ2v) is 6.72. The van der Waals surface area contributed by atoms with Crippen LogP contribution in [-0.2, 0) is 11.3 Å². The Morgan fingerprint density at radius 1 is 1.39 bits per heavy atom. The van der Waals surface area contributed by atoms with Gasteiger partial charge in [0.15, 0.2) is 18.9 Å². The van der Waals surface area contributed by atoms with Gasteiger partial charge in [0.2, 0.25) is 0 Å². The van der Waals surface area contributed by atoms with Gasteiger partial charge in [-0.15, -0.1) is 0 Å². The van der Waals surface area contributed by atoms with Crippen LogP contribution in [0.5, 0.6) is 0 Å². The molecule has 160 valence electrons. The Kier molecular flexibility index (Phi) is 6.61. The number of hydrogen-bond acceptors (Lipinski definition) is 6. The zero-order valence-electron chi connectivity index (χ0n) is 17.1. The second kappa shape index (κ2) is 9.53. The minimum absolute atomic E-state index is 0.145. The second-order valence-electron chi connectivity index (χ2n) is 6.72. The quantitative estimate of drug-likeness (QED) is 0.327. The summed E-state index contributed by atoms with van der Waals surface area (Å²) in [6, 6.07) is 7.25. The van der Waals surface area contributed by atoms with Crippen LogP contribution in [0.25, 0.3) is 16.9 Å². The molecule has 0 radical (unpaired) electrons. The van der Waals surface area contributed by atoms with Gasteiger partial charge in [0.05, 0.1) is 35.4 Å². The standard InChI is InChI=1S/C20H20N6O2.CH2O2/c1-13-19(14(2)28-24-13)17-11-23-18-10-15(5-8-26(17)18)20(27)22-6-9-25-7-3-4-16(21)12-25;2-1-3/h3-5,7-8,10-12H,6,9,21H2,1-2H3;1H,(H,2,3)/p+1. The van der Waals surface area contributed by atoms with Crippen molar-refractivity contribution >= 4 is 23.7 Å². The van der Waals surface area contributed by atoms with Crippen molar-refractivity contribution in [1.82, 2.24) is 19.9 Å². The number of anilines is 1. The van der Waals surface area contributed by atoms with E-state index in [1.165, 1.54) is 0 Å². The average molecular weight is 423 g/mol. The number of aryl methyl sites for hydroxylation is 2. The van der Waals surface area contributed by atoms with E-state index < -0.39 is 0 Å². The molecular formula is C21H23N6O4+. The van der Waals surface area contributed by atoms with E-state index in [0.717, 1.165) is 22.7 Å². The maximum atomic E-state index is 12.5. The van der Waals surface area contributed by atoms with E-state index in [4.69, 9.17) is 20.2 Å². The summed E-state index contributed by atoms with van der Waals surface area (Å²) >= 11 is 0. The van der Waals surface area contributed by atoms with Gasteiger partial charge >= 0.3 is 0 Å². The molecule has 0 spiro atoms. The highest BCUT2D eigenvalue weighted by atomic mass is 16.5. The molecule has 0 saturated carbocycles. The number of pyridine rings is 2. The third-order valence-corrected chi connectivity index (χ3v) is 4.60. The molecule has 0 saturated heterocycles. The number of imidazole rings is 1. The van der Waals surface area contributed by atoms with E-state index in [2.05, 4.69) is 15.5 Å². The number of amides is 1. The molecule has 31 heavy (non-hydrogen) atoms. The van der Waals surface area contributed by atoms with Gasteiger partial charge in [-0.05, 0) is 32.0 Å². The van der Waals surface area contributed by atoms with Gasteiger partial charge < -0.3 is 20.7 Å². The number of nitrogen functional groups attached to an aromatic ring is 1. The summed E-state index contributed by atoms with van der Waals surface area (Å²) in [5, 5.41) is 13.8. The highest BCUT2D eigenvalue weighted by Crippen LogP contribution is 2.27. The molecule has 0 fully saturated rings. The number of nitrogens with two attached hydrogens (primary N) is 1. The van der Waals surface area contributed by atoms with Crippen molar-refractivity contribution in [3.63, 3.8) is 0 Å². The van der Waals surface area contributed by atoms with Gasteiger partial charge in [-0.3, -0.25) is 14.0 Å². The molecular weight excluding hydrogens is 400 g/mol. The molecule has 4 N–H and O–H groups in total. The van der Waals surface area contributed by atoms with Crippen molar-refractivity contribution < 1.29 is 23.8 Å². The van der Waals surface area contributed by atoms with Crippen molar-refractivity contribution in [1.29, 1.82) is 0 Å². The SMILES string of the molecule is Cc1noc(C)c1-c1cnc2cc(C(=O)NCC[n+]3cccc(N)c3)ccn12.O=CO. The van der Waals surface area contributed by atoms with Crippen LogP contribution in [0.2, 0.25) is 0 Å². The first-order chi connectivity index (χ1) is 14.9. The van der Waals surface area contributed by atoms with E-state index in [9.17, 15) is 4.79 Å². The number of fused-ring (bicyclic) bond motifs is 1. The molecule has 10 heteroatoms. The summed E-state index contributed by atoms with van der Waals surface area (Å²) in [7, 11) is 0. The Balaban J connectivity index is 0.000000858. The maximum Gasteiger partial charge on any atom is 0.290 e. The van der Waals surface area contributed by atoms with Crippen LogP contribution < -0.4 is 15.6 Å². The molecule has 0 aliphatic heterocycles. The smallest absolute Gasteiger partial charge is 0.290 e. The minimum atomic E-state index is -0.250. The summed E-state index contributed by atoms with van der Waals surface area (Å²) in [5.41, 5.74) is 10.3. The highest BCUT2D eigenvalue weighted by Gasteiger charge is 2.16. The number of carbonyl (C=O) groups excluding carboxylic acids is 1. The fourth-order valence-corrected chi connectivity index (χ4v) is 3.24. The number of nitrogens with zero attached hydrogens (tertiary/aromatic N) is 4. The summed E-state index contributed by atoms with van der Waals surface area (Å²) in [6.07, 6.45) is 7.35. The van der Waals surface area contributed by atoms with E-state index in [1.807, 2.05) is 53.5 Å². The molecule has 0 aliphatic carbocycles. The summed E-state index contributed by atoms with van der Waals surface area (Å²) in [5.74, 6) is 0.592. The minimum Gasteiger partial charge on any atom is -0.483 e. The molecule has 4 aromatic heterocycles. The van der Waals surface area contributed by atoms with Crippen molar-refractivity contribution in [3.05, 3.63) is 66.1 Å². The normalized spacial score (nSPS) is 10.4. The number of hydrogen-bond donors (Lipinski definition) is 3. The van der Waals surface area contributed by atoms with Crippen molar-refractivity contribution in [2.45, 2.75) is 20.4 Å². The first kappa shape index (κ1) is 21.5. The lowest BCUT2D eigenvalue weighted by Gasteiger charge is -2.05. The Labute approximate surface area is 177 Å². The third kappa shape index (κ3) is 4.86.